The highest BCUT2D eigenvalue weighted by molar-refractivity contribution is 5.84. The first-order chi connectivity index (χ1) is 18.1. The molecule has 3 aromatic rings. The Labute approximate surface area is 217 Å². The molecule has 0 spiro atoms. The van der Waals surface area contributed by atoms with Crippen LogP contribution in [0.5, 0.6) is 5.75 Å². The van der Waals surface area contributed by atoms with Crippen LogP contribution in [0, 0.1) is 28.7 Å². The molecule has 38 heavy (non-hydrogen) atoms. The highest BCUT2D eigenvalue weighted by Gasteiger charge is 2.41. The summed E-state index contributed by atoms with van der Waals surface area (Å²) >= 11 is 0. The molecule has 0 radical (unpaired) electrons. The number of ether oxygens (including phenoxy) is 1. The van der Waals surface area contributed by atoms with Gasteiger partial charge in [0.05, 0.1) is 24.2 Å². The second-order valence-electron chi connectivity index (χ2n) is 9.79. The van der Waals surface area contributed by atoms with Crippen LogP contribution < -0.4 is 4.74 Å². The molecule has 1 N–H and O–H groups in total. The SMILES string of the molecule is COc1ccc2ncc(F)c(C(F)CCC3(C(=O)O)CCN(CCCc4c(F)cc(F)cc4F)CC3)c2c1. The summed E-state index contributed by atoms with van der Waals surface area (Å²) in [6, 6.07) is 6.06. The van der Waals surface area contributed by atoms with Crippen molar-refractivity contribution in [2.24, 2.45) is 5.41 Å². The monoisotopic (exact) mass is 536 g/mol. The summed E-state index contributed by atoms with van der Waals surface area (Å²) in [6.07, 6.45) is 0.0962. The Bertz CT molecular complexity index is 1290. The maximum atomic E-state index is 15.4. The van der Waals surface area contributed by atoms with Crippen LogP contribution in [0.15, 0.2) is 36.5 Å². The smallest absolute Gasteiger partial charge is 0.309 e. The summed E-state index contributed by atoms with van der Waals surface area (Å²) in [5.74, 6) is -4.22. The molecule has 0 saturated carbocycles. The highest BCUT2D eigenvalue weighted by atomic mass is 19.2. The van der Waals surface area contributed by atoms with Gasteiger partial charge >= 0.3 is 5.97 Å². The number of aromatic nitrogens is 1. The van der Waals surface area contributed by atoms with E-state index in [0.29, 0.717) is 49.5 Å². The molecule has 1 fully saturated rings. The Morgan fingerprint density at radius 3 is 2.42 bits per heavy atom. The largest absolute Gasteiger partial charge is 0.497 e. The molecule has 1 unspecified atom stereocenters. The number of aliphatic carboxylic acids is 1. The van der Waals surface area contributed by atoms with E-state index in [-0.39, 0.29) is 48.6 Å². The molecule has 1 aliphatic heterocycles. The van der Waals surface area contributed by atoms with E-state index in [2.05, 4.69) is 4.98 Å². The quantitative estimate of drug-likeness (QED) is 0.304. The average molecular weight is 537 g/mol. The maximum absolute atomic E-state index is 15.4. The number of piperidine rings is 1. The molecule has 0 aliphatic carbocycles. The van der Waals surface area contributed by atoms with E-state index in [1.807, 2.05) is 4.90 Å². The summed E-state index contributed by atoms with van der Waals surface area (Å²) < 4.78 is 76.1. The van der Waals surface area contributed by atoms with E-state index in [4.69, 9.17) is 4.74 Å². The molecule has 204 valence electrons. The number of methoxy groups -OCH3 is 1. The van der Waals surface area contributed by atoms with Crippen molar-refractivity contribution < 1.29 is 36.6 Å². The molecule has 2 aromatic carbocycles. The van der Waals surface area contributed by atoms with E-state index >= 15 is 4.39 Å². The zero-order valence-electron chi connectivity index (χ0n) is 21.0. The predicted molar refractivity (Wildman–Crippen MR) is 132 cm³/mol. The summed E-state index contributed by atoms with van der Waals surface area (Å²) in [6.45, 7) is 1.32. The summed E-state index contributed by atoms with van der Waals surface area (Å²) in [7, 11) is 1.45. The van der Waals surface area contributed by atoms with Crippen LogP contribution in [0.25, 0.3) is 10.9 Å². The highest BCUT2D eigenvalue weighted by Crippen LogP contribution is 2.41. The topological polar surface area (TPSA) is 62.7 Å². The minimum Gasteiger partial charge on any atom is -0.497 e. The van der Waals surface area contributed by atoms with E-state index in [1.165, 1.54) is 13.2 Å². The first-order valence-corrected chi connectivity index (χ1v) is 12.5. The molecule has 1 aromatic heterocycles. The van der Waals surface area contributed by atoms with Gasteiger partial charge in [-0.05, 0) is 76.4 Å². The molecule has 1 atom stereocenters. The number of hydrogen-bond acceptors (Lipinski definition) is 4. The number of nitrogens with zero attached hydrogens (tertiary/aromatic N) is 2. The molecule has 2 heterocycles. The zero-order chi connectivity index (χ0) is 27.4. The summed E-state index contributed by atoms with van der Waals surface area (Å²) in [5, 5.41) is 10.3. The van der Waals surface area contributed by atoms with Crippen molar-refractivity contribution in [1.82, 2.24) is 9.88 Å². The lowest BCUT2D eigenvalue weighted by molar-refractivity contribution is -0.153. The molecular formula is C28H29F5N2O3. The van der Waals surface area contributed by atoms with Crippen molar-refractivity contribution in [3.8, 4) is 5.75 Å². The van der Waals surface area contributed by atoms with E-state index < -0.39 is 40.8 Å². The molecular weight excluding hydrogens is 507 g/mol. The Balaban J connectivity index is 1.37. The number of rotatable bonds is 10. The summed E-state index contributed by atoms with van der Waals surface area (Å²) in [4.78, 5) is 18.2. The van der Waals surface area contributed by atoms with Crippen LogP contribution in [0.4, 0.5) is 22.0 Å². The second kappa shape index (κ2) is 11.6. The first-order valence-electron chi connectivity index (χ1n) is 12.5. The Hall–Kier alpha value is -3.27. The lowest BCUT2D eigenvalue weighted by atomic mass is 9.74. The van der Waals surface area contributed by atoms with Gasteiger partial charge in [0.1, 0.15) is 35.2 Å². The van der Waals surface area contributed by atoms with Gasteiger partial charge in [-0.1, -0.05) is 0 Å². The van der Waals surface area contributed by atoms with Crippen LogP contribution >= 0.6 is 0 Å². The van der Waals surface area contributed by atoms with Crippen LogP contribution in [0.1, 0.15) is 49.4 Å². The Kier molecular flexibility index (Phi) is 8.50. The van der Waals surface area contributed by atoms with Crippen molar-refractivity contribution in [2.75, 3.05) is 26.7 Å². The Morgan fingerprint density at radius 2 is 1.79 bits per heavy atom. The standard InChI is InChI=1S/C28H29F5N2O3/c1-38-18-4-5-25-20(15-18)26(24(33)16-34-25)21(30)6-7-28(27(36)37)8-11-35(12-9-28)10-2-3-19-22(31)13-17(29)14-23(19)32/h4-5,13-16,21H,2-3,6-12H2,1H3,(H,36,37). The van der Waals surface area contributed by atoms with Crippen LogP contribution in [0.3, 0.4) is 0 Å². The number of carboxylic acid groups (broad SMARTS) is 1. The van der Waals surface area contributed by atoms with E-state index in [0.717, 1.165) is 6.20 Å². The molecule has 4 rings (SSSR count). The molecule has 1 aliphatic rings. The Morgan fingerprint density at radius 1 is 1.11 bits per heavy atom. The third kappa shape index (κ3) is 5.90. The number of benzene rings is 2. The van der Waals surface area contributed by atoms with Crippen molar-refractivity contribution in [3.05, 3.63) is 70.9 Å². The molecule has 0 bridgehead atoms. The number of likely N-dealkylation sites (tertiary alicyclic amines) is 1. The number of alkyl halides is 1. The fourth-order valence-electron chi connectivity index (χ4n) is 5.23. The zero-order valence-corrected chi connectivity index (χ0v) is 21.0. The van der Waals surface area contributed by atoms with Crippen LogP contribution in [0.2, 0.25) is 0 Å². The molecule has 1 saturated heterocycles. The number of carbonyl (C=O) groups is 1. The van der Waals surface area contributed by atoms with Gasteiger partial charge in [0.25, 0.3) is 0 Å². The number of halogens is 5. The lowest BCUT2D eigenvalue weighted by Crippen LogP contribution is -2.44. The molecule has 10 heteroatoms. The normalized spacial score (nSPS) is 16.5. The van der Waals surface area contributed by atoms with Gasteiger partial charge in [0.15, 0.2) is 0 Å². The number of hydrogen-bond donors (Lipinski definition) is 1. The summed E-state index contributed by atoms with van der Waals surface area (Å²) in [5.41, 5.74) is -1.09. The number of fused-ring (bicyclic) bond motifs is 1. The minimum atomic E-state index is -1.73. The maximum Gasteiger partial charge on any atom is 0.309 e. The van der Waals surface area contributed by atoms with Gasteiger partial charge in [-0.3, -0.25) is 9.78 Å². The van der Waals surface area contributed by atoms with E-state index in [1.54, 1.807) is 12.1 Å². The van der Waals surface area contributed by atoms with Gasteiger partial charge in [0, 0.05) is 28.6 Å². The fraction of sp³-hybridized carbons (Fsp3) is 0.429. The van der Waals surface area contributed by atoms with Crippen molar-refractivity contribution in [3.63, 3.8) is 0 Å². The fourth-order valence-corrected chi connectivity index (χ4v) is 5.23. The van der Waals surface area contributed by atoms with Gasteiger partial charge < -0.3 is 14.7 Å². The van der Waals surface area contributed by atoms with Gasteiger partial charge in [-0.25, -0.2) is 22.0 Å². The van der Waals surface area contributed by atoms with Gasteiger partial charge in [-0.15, -0.1) is 0 Å². The third-order valence-electron chi connectivity index (χ3n) is 7.53. The molecule has 0 amide bonds. The number of carboxylic acids is 1. The van der Waals surface area contributed by atoms with Crippen LogP contribution in [-0.2, 0) is 11.2 Å². The van der Waals surface area contributed by atoms with E-state index in [9.17, 15) is 27.5 Å². The number of pyridine rings is 1. The van der Waals surface area contributed by atoms with Crippen molar-refractivity contribution in [1.29, 1.82) is 0 Å². The minimum absolute atomic E-state index is 0.0244. The lowest BCUT2D eigenvalue weighted by Gasteiger charge is -2.39. The average Bonchev–Trinajstić information content (AvgIpc) is 2.89. The third-order valence-corrected chi connectivity index (χ3v) is 7.53. The van der Waals surface area contributed by atoms with Crippen LogP contribution in [-0.4, -0.2) is 47.7 Å². The second-order valence-corrected chi connectivity index (χ2v) is 9.79. The first kappa shape index (κ1) is 27.8. The van der Waals surface area contributed by atoms with Gasteiger partial charge in [-0.2, -0.15) is 0 Å². The van der Waals surface area contributed by atoms with Crippen molar-refractivity contribution in [2.45, 2.75) is 44.7 Å². The molecule has 5 nitrogen and oxygen atoms in total. The predicted octanol–water partition coefficient (Wildman–Crippen LogP) is 6.39. The van der Waals surface area contributed by atoms with Gasteiger partial charge in [0.2, 0.25) is 0 Å². The van der Waals surface area contributed by atoms with Crippen molar-refractivity contribution >= 4 is 16.9 Å².